The summed E-state index contributed by atoms with van der Waals surface area (Å²) < 4.78 is 5.29. The lowest BCUT2D eigenvalue weighted by atomic mass is 9.97. The van der Waals surface area contributed by atoms with Crippen LogP contribution in [0.4, 0.5) is 0 Å². The van der Waals surface area contributed by atoms with Gasteiger partial charge in [-0.1, -0.05) is 12.1 Å². The minimum atomic E-state index is -0.229. The van der Waals surface area contributed by atoms with E-state index in [1.165, 1.54) is 0 Å². The second kappa shape index (κ2) is 4.45. The van der Waals surface area contributed by atoms with Gasteiger partial charge in [-0.05, 0) is 36.5 Å². The molecule has 2 unspecified atom stereocenters. The monoisotopic (exact) mass is 206 g/mol. The molecule has 15 heavy (non-hydrogen) atoms. The van der Waals surface area contributed by atoms with Crippen molar-refractivity contribution in [1.82, 2.24) is 0 Å². The van der Waals surface area contributed by atoms with Crippen molar-refractivity contribution in [2.75, 3.05) is 6.61 Å². The molecule has 2 rings (SSSR count). The number of carbonyl (C=O) groups excluding carboxylic acids is 1. The molecule has 1 fully saturated rings. The third-order valence-corrected chi connectivity index (χ3v) is 2.70. The molecule has 0 saturated carbocycles. The summed E-state index contributed by atoms with van der Waals surface area (Å²) in [6.07, 6.45) is 2.28. The van der Waals surface area contributed by atoms with Gasteiger partial charge in [0.2, 0.25) is 0 Å². The Morgan fingerprint density at radius 2 is 2.40 bits per heavy atom. The van der Waals surface area contributed by atoms with Crippen LogP contribution in [-0.2, 0) is 16.0 Å². The Balaban J connectivity index is 1.95. The zero-order valence-electron chi connectivity index (χ0n) is 8.43. The molecule has 80 valence electrons. The highest BCUT2D eigenvalue weighted by atomic mass is 16.5. The normalized spacial score (nSPS) is 25.3. The van der Waals surface area contributed by atoms with Gasteiger partial charge >= 0.3 is 0 Å². The van der Waals surface area contributed by atoms with Gasteiger partial charge in [0.1, 0.15) is 18.1 Å². The van der Waals surface area contributed by atoms with Crippen LogP contribution >= 0.6 is 0 Å². The van der Waals surface area contributed by atoms with Crippen molar-refractivity contribution >= 4 is 6.29 Å². The summed E-state index contributed by atoms with van der Waals surface area (Å²) in [6.45, 7) is 0.638. The van der Waals surface area contributed by atoms with Crippen molar-refractivity contribution in [3.05, 3.63) is 29.8 Å². The van der Waals surface area contributed by atoms with Crippen LogP contribution in [0.2, 0.25) is 0 Å². The summed E-state index contributed by atoms with van der Waals surface area (Å²) in [4.78, 5) is 10.5. The maximum Gasteiger partial charge on any atom is 0.148 e. The lowest BCUT2D eigenvalue weighted by molar-refractivity contribution is -0.115. The summed E-state index contributed by atoms with van der Waals surface area (Å²) in [7, 11) is 0. The van der Waals surface area contributed by atoms with Crippen LogP contribution in [0, 0.1) is 5.92 Å². The summed E-state index contributed by atoms with van der Waals surface area (Å²) in [5, 5.41) is 9.30. The molecular formula is C12H14O3. The standard InChI is InChI=1S/C12H14O3/c13-7-12-6-10(8-15-12)4-9-2-1-3-11(14)5-9/h1-3,5,7,10,12,14H,4,6,8H2. The molecule has 1 aliphatic rings. The highest BCUT2D eigenvalue weighted by molar-refractivity contribution is 5.56. The third kappa shape index (κ3) is 2.57. The Bertz CT molecular complexity index is 348. The van der Waals surface area contributed by atoms with E-state index in [1.54, 1.807) is 12.1 Å². The van der Waals surface area contributed by atoms with E-state index in [4.69, 9.17) is 4.74 Å². The lowest BCUT2D eigenvalue weighted by Gasteiger charge is -2.07. The number of phenolic OH excluding ortho intramolecular Hbond substituents is 1. The number of carbonyl (C=O) groups is 1. The van der Waals surface area contributed by atoms with Crippen LogP contribution in [0.15, 0.2) is 24.3 Å². The van der Waals surface area contributed by atoms with Crippen LogP contribution in [0.25, 0.3) is 0 Å². The number of rotatable bonds is 3. The van der Waals surface area contributed by atoms with E-state index in [-0.39, 0.29) is 6.10 Å². The summed E-state index contributed by atoms with van der Waals surface area (Å²) in [6, 6.07) is 7.22. The topological polar surface area (TPSA) is 46.5 Å². The first-order chi connectivity index (χ1) is 7.28. The Hall–Kier alpha value is -1.35. The molecule has 3 nitrogen and oxygen atoms in total. The molecule has 1 heterocycles. The lowest BCUT2D eigenvalue weighted by Crippen LogP contribution is -2.06. The average molecular weight is 206 g/mol. The first-order valence-electron chi connectivity index (χ1n) is 5.12. The van der Waals surface area contributed by atoms with E-state index in [0.29, 0.717) is 18.3 Å². The quantitative estimate of drug-likeness (QED) is 0.763. The van der Waals surface area contributed by atoms with Crippen molar-refractivity contribution in [3.63, 3.8) is 0 Å². The average Bonchev–Trinajstić information content (AvgIpc) is 2.65. The molecule has 0 radical (unpaired) electrons. The second-order valence-electron chi connectivity index (χ2n) is 3.98. The molecule has 2 atom stereocenters. The van der Waals surface area contributed by atoms with Crippen LogP contribution in [0.1, 0.15) is 12.0 Å². The van der Waals surface area contributed by atoms with Crippen molar-refractivity contribution < 1.29 is 14.6 Å². The Morgan fingerprint density at radius 3 is 3.07 bits per heavy atom. The second-order valence-corrected chi connectivity index (χ2v) is 3.98. The summed E-state index contributed by atoms with van der Waals surface area (Å²) in [5.74, 6) is 0.681. The molecule has 1 aliphatic heterocycles. The molecule has 0 bridgehead atoms. The highest BCUT2D eigenvalue weighted by Crippen LogP contribution is 2.23. The summed E-state index contributed by atoms with van der Waals surface area (Å²) >= 11 is 0. The zero-order valence-corrected chi connectivity index (χ0v) is 8.43. The van der Waals surface area contributed by atoms with E-state index in [9.17, 15) is 9.90 Å². The van der Waals surface area contributed by atoms with E-state index >= 15 is 0 Å². The smallest absolute Gasteiger partial charge is 0.148 e. The number of hydrogen-bond donors (Lipinski definition) is 1. The number of phenols is 1. The largest absolute Gasteiger partial charge is 0.508 e. The zero-order chi connectivity index (χ0) is 10.7. The van der Waals surface area contributed by atoms with Gasteiger partial charge in [-0.2, -0.15) is 0 Å². The van der Waals surface area contributed by atoms with Gasteiger partial charge < -0.3 is 14.6 Å². The molecule has 3 heteroatoms. The van der Waals surface area contributed by atoms with Crippen LogP contribution in [0.3, 0.4) is 0 Å². The van der Waals surface area contributed by atoms with Gasteiger partial charge in [0, 0.05) is 0 Å². The molecule has 0 aliphatic carbocycles. The van der Waals surface area contributed by atoms with Crippen LogP contribution < -0.4 is 0 Å². The Kier molecular flexibility index (Phi) is 3.02. The third-order valence-electron chi connectivity index (χ3n) is 2.70. The fraction of sp³-hybridized carbons (Fsp3) is 0.417. The predicted molar refractivity (Wildman–Crippen MR) is 55.7 cm³/mol. The number of aromatic hydroxyl groups is 1. The van der Waals surface area contributed by atoms with Gasteiger partial charge in [-0.15, -0.1) is 0 Å². The molecule has 0 spiro atoms. The fourth-order valence-corrected chi connectivity index (χ4v) is 1.98. The first kappa shape index (κ1) is 10.2. The number of hydrogen-bond acceptors (Lipinski definition) is 3. The summed E-state index contributed by atoms with van der Waals surface area (Å²) in [5.41, 5.74) is 1.09. The van der Waals surface area contributed by atoms with Gasteiger partial charge in [0.25, 0.3) is 0 Å². The van der Waals surface area contributed by atoms with Crippen molar-refractivity contribution in [2.45, 2.75) is 18.9 Å². The van der Waals surface area contributed by atoms with Crippen LogP contribution in [-0.4, -0.2) is 24.1 Å². The van der Waals surface area contributed by atoms with Gasteiger partial charge in [0.05, 0.1) is 6.61 Å². The van der Waals surface area contributed by atoms with E-state index in [2.05, 4.69) is 0 Å². The SMILES string of the molecule is O=CC1CC(Cc2cccc(O)c2)CO1. The fourth-order valence-electron chi connectivity index (χ4n) is 1.98. The molecule has 1 saturated heterocycles. The molecular weight excluding hydrogens is 192 g/mol. The predicted octanol–water partition coefficient (Wildman–Crippen LogP) is 1.54. The van der Waals surface area contributed by atoms with E-state index in [0.717, 1.165) is 24.7 Å². The van der Waals surface area contributed by atoms with Crippen molar-refractivity contribution in [1.29, 1.82) is 0 Å². The number of aldehydes is 1. The Morgan fingerprint density at radius 1 is 1.53 bits per heavy atom. The number of benzene rings is 1. The van der Waals surface area contributed by atoms with Crippen LogP contribution in [0.5, 0.6) is 5.75 Å². The number of ether oxygens (including phenoxy) is 1. The van der Waals surface area contributed by atoms with Gasteiger partial charge in [-0.3, -0.25) is 0 Å². The van der Waals surface area contributed by atoms with Crippen molar-refractivity contribution in [3.8, 4) is 5.75 Å². The van der Waals surface area contributed by atoms with Crippen molar-refractivity contribution in [2.24, 2.45) is 5.92 Å². The minimum Gasteiger partial charge on any atom is -0.508 e. The van der Waals surface area contributed by atoms with Gasteiger partial charge in [0.15, 0.2) is 0 Å². The maximum atomic E-state index is 10.5. The first-order valence-corrected chi connectivity index (χ1v) is 5.12. The highest BCUT2D eigenvalue weighted by Gasteiger charge is 2.24. The van der Waals surface area contributed by atoms with E-state index in [1.807, 2.05) is 12.1 Å². The van der Waals surface area contributed by atoms with Gasteiger partial charge in [-0.25, -0.2) is 0 Å². The molecule has 0 amide bonds. The molecule has 1 aromatic rings. The molecule has 1 N–H and O–H groups in total. The molecule has 0 aromatic heterocycles. The maximum absolute atomic E-state index is 10.5. The molecule has 1 aromatic carbocycles. The Labute approximate surface area is 88.7 Å². The van der Waals surface area contributed by atoms with E-state index < -0.39 is 0 Å². The minimum absolute atomic E-state index is 0.229.